The van der Waals surface area contributed by atoms with E-state index in [0.29, 0.717) is 19.8 Å². The fourth-order valence-electron chi connectivity index (χ4n) is 2.41. The Morgan fingerprint density at radius 2 is 1.77 bits per heavy atom. The Hall–Kier alpha value is -2.21. The molecule has 0 spiro atoms. The van der Waals surface area contributed by atoms with E-state index in [1.54, 1.807) is 0 Å². The molecule has 2 rings (SSSR count). The molecule has 0 fully saturated rings. The number of amides is 1. The van der Waals surface area contributed by atoms with Crippen molar-refractivity contribution in [1.82, 2.24) is 0 Å². The standard InChI is InChI=1S/C20H25BrN2O3/c1-4-10-26-20-18(21)11-15(12-19(20)25-5-2)13-22-16-6-8-17(9-7-16)23-14(3)24/h6-9,11-12,22H,4-5,10,13H2,1-3H3,(H,23,24). The van der Waals surface area contributed by atoms with Crippen molar-refractivity contribution in [3.8, 4) is 11.5 Å². The summed E-state index contributed by atoms with van der Waals surface area (Å²) >= 11 is 3.58. The second kappa shape index (κ2) is 10.1. The SMILES string of the molecule is CCCOc1c(Br)cc(CNc2ccc(NC(C)=O)cc2)cc1OCC. The summed E-state index contributed by atoms with van der Waals surface area (Å²) in [5.41, 5.74) is 2.83. The van der Waals surface area contributed by atoms with Crippen molar-refractivity contribution >= 4 is 33.2 Å². The van der Waals surface area contributed by atoms with Gasteiger partial charge in [-0.15, -0.1) is 0 Å². The molecule has 2 aromatic rings. The summed E-state index contributed by atoms with van der Waals surface area (Å²) in [5, 5.41) is 6.13. The first-order valence-corrected chi connectivity index (χ1v) is 9.52. The fraction of sp³-hybridized carbons (Fsp3) is 0.350. The van der Waals surface area contributed by atoms with Crippen molar-refractivity contribution in [2.45, 2.75) is 33.7 Å². The van der Waals surface area contributed by atoms with Gasteiger partial charge in [0.2, 0.25) is 5.91 Å². The number of nitrogens with one attached hydrogen (secondary N) is 2. The minimum absolute atomic E-state index is 0.0793. The van der Waals surface area contributed by atoms with E-state index in [2.05, 4.69) is 33.5 Å². The number of benzene rings is 2. The molecule has 26 heavy (non-hydrogen) atoms. The predicted molar refractivity (Wildman–Crippen MR) is 109 cm³/mol. The molecule has 2 aromatic carbocycles. The van der Waals surface area contributed by atoms with Gasteiger partial charge in [0.15, 0.2) is 11.5 Å². The highest BCUT2D eigenvalue weighted by Crippen LogP contribution is 2.37. The van der Waals surface area contributed by atoms with Crippen molar-refractivity contribution in [3.05, 3.63) is 46.4 Å². The molecule has 1 amide bonds. The zero-order valence-corrected chi connectivity index (χ0v) is 17.0. The van der Waals surface area contributed by atoms with Crippen molar-refractivity contribution < 1.29 is 14.3 Å². The first-order chi connectivity index (χ1) is 12.5. The maximum Gasteiger partial charge on any atom is 0.221 e. The molecule has 0 heterocycles. The van der Waals surface area contributed by atoms with Gasteiger partial charge < -0.3 is 20.1 Å². The molecule has 5 nitrogen and oxygen atoms in total. The van der Waals surface area contributed by atoms with Crippen LogP contribution in [-0.2, 0) is 11.3 Å². The summed E-state index contributed by atoms with van der Waals surface area (Å²) in [5.74, 6) is 1.41. The van der Waals surface area contributed by atoms with E-state index in [-0.39, 0.29) is 5.91 Å². The quantitative estimate of drug-likeness (QED) is 0.584. The molecule has 140 valence electrons. The lowest BCUT2D eigenvalue weighted by molar-refractivity contribution is -0.114. The number of carbonyl (C=O) groups excluding carboxylic acids is 1. The predicted octanol–water partition coefficient (Wildman–Crippen LogP) is 5.21. The summed E-state index contributed by atoms with van der Waals surface area (Å²) < 4.78 is 12.4. The third-order valence-corrected chi connectivity index (χ3v) is 4.11. The van der Waals surface area contributed by atoms with Crippen LogP contribution in [0, 0.1) is 0 Å². The summed E-state index contributed by atoms with van der Waals surface area (Å²) in [6, 6.07) is 11.6. The summed E-state index contributed by atoms with van der Waals surface area (Å²) in [6.07, 6.45) is 0.940. The maximum atomic E-state index is 11.1. The van der Waals surface area contributed by atoms with Gasteiger partial charge in [-0.25, -0.2) is 0 Å². The molecule has 0 saturated heterocycles. The highest BCUT2D eigenvalue weighted by molar-refractivity contribution is 9.10. The lowest BCUT2D eigenvalue weighted by Crippen LogP contribution is -2.06. The summed E-state index contributed by atoms with van der Waals surface area (Å²) in [6.45, 7) is 7.40. The number of hydrogen-bond donors (Lipinski definition) is 2. The van der Waals surface area contributed by atoms with Crippen molar-refractivity contribution in [2.24, 2.45) is 0 Å². The Balaban J connectivity index is 2.07. The first kappa shape index (κ1) is 20.1. The van der Waals surface area contributed by atoms with Crippen LogP contribution >= 0.6 is 15.9 Å². The van der Waals surface area contributed by atoms with Crippen LogP contribution in [0.4, 0.5) is 11.4 Å². The molecule has 0 aliphatic heterocycles. The van der Waals surface area contributed by atoms with Gasteiger partial charge in [-0.3, -0.25) is 4.79 Å². The molecule has 0 unspecified atom stereocenters. The molecular weight excluding hydrogens is 396 g/mol. The third-order valence-electron chi connectivity index (χ3n) is 3.52. The van der Waals surface area contributed by atoms with E-state index in [4.69, 9.17) is 9.47 Å². The van der Waals surface area contributed by atoms with Crippen LogP contribution in [0.5, 0.6) is 11.5 Å². The van der Waals surface area contributed by atoms with Crippen LogP contribution in [0.3, 0.4) is 0 Å². The summed E-state index contributed by atoms with van der Waals surface area (Å²) in [7, 11) is 0. The van der Waals surface area contributed by atoms with Crippen LogP contribution in [0.1, 0.15) is 32.8 Å². The van der Waals surface area contributed by atoms with E-state index < -0.39 is 0 Å². The molecular formula is C20H25BrN2O3. The van der Waals surface area contributed by atoms with Crippen molar-refractivity contribution in [3.63, 3.8) is 0 Å². The Bertz CT molecular complexity index is 733. The minimum Gasteiger partial charge on any atom is -0.490 e. The van der Waals surface area contributed by atoms with E-state index in [0.717, 1.165) is 39.3 Å². The molecule has 0 aliphatic rings. The number of anilines is 2. The highest BCUT2D eigenvalue weighted by atomic mass is 79.9. The van der Waals surface area contributed by atoms with Crippen LogP contribution in [0.2, 0.25) is 0 Å². The van der Waals surface area contributed by atoms with E-state index in [9.17, 15) is 4.79 Å². The largest absolute Gasteiger partial charge is 0.490 e. The lowest BCUT2D eigenvalue weighted by atomic mass is 10.2. The Morgan fingerprint density at radius 3 is 2.38 bits per heavy atom. The molecule has 6 heteroatoms. The van der Waals surface area contributed by atoms with E-state index in [1.165, 1.54) is 6.92 Å². The van der Waals surface area contributed by atoms with Gasteiger partial charge in [0.25, 0.3) is 0 Å². The number of hydrogen-bond acceptors (Lipinski definition) is 4. The van der Waals surface area contributed by atoms with Gasteiger partial charge in [-0.05, 0) is 71.2 Å². The van der Waals surface area contributed by atoms with Crippen LogP contribution in [0.25, 0.3) is 0 Å². The molecule has 0 atom stereocenters. The molecule has 0 aromatic heterocycles. The van der Waals surface area contributed by atoms with Gasteiger partial charge in [0, 0.05) is 24.8 Å². The van der Waals surface area contributed by atoms with Crippen LogP contribution in [0.15, 0.2) is 40.9 Å². The van der Waals surface area contributed by atoms with Crippen molar-refractivity contribution in [2.75, 3.05) is 23.8 Å². The van der Waals surface area contributed by atoms with Gasteiger partial charge in [0.1, 0.15) is 0 Å². The normalized spacial score (nSPS) is 10.3. The monoisotopic (exact) mass is 420 g/mol. The molecule has 0 aliphatic carbocycles. The second-order valence-electron chi connectivity index (χ2n) is 5.80. The molecule has 0 radical (unpaired) electrons. The van der Waals surface area contributed by atoms with Gasteiger partial charge in [-0.2, -0.15) is 0 Å². The first-order valence-electron chi connectivity index (χ1n) is 8.73. The molecule has 0 bridgehead atoms. The van der Waals surface area contributed by atoms with Gasteiger partial charge in [0.05, 0.1) is 17.7 Å². The minimum atomic E-state index is -0.0793. The van der Waals surface area contributed by atoms with E-state index >= 15 is 0 Å². The number of carbonyl (C=O) groups is 1. The second-order valence-corrected chi connectivity index (χ2v) is 6.65. The van der Waals surface area contributed by atoms with E-state index in [1.807, 2.05) is 43.3 Å². The lowest BCUT2D eigenvalue weighted by Gasteiger charge is -2.16. The zero-order chi connectivity index (χ0) is 18.9. The smallest absolute Gasteiger partial charge is 0.221 e. The Labute approximate surface area is 163 Å². The zero-order valence-electron chi connectivity index (χ0n) is 15.4. The fourth-order valence-corrected chi connectivity index (χ4v) is 3.01. The van der Waals surface area contributed by atoms with Crippen LogP contribution in [-0.4, -0.2) is 19.1 Å². The number of halogens is 1. The van der Waals surface area contributed by atoms with Gasteiger partial charge >= 0.3 is 0 Å². The number of rotatable bonds is 9. The molecule has 0 saturated carbocycles. The average Bonchev–Trinajstić information content (AvgIpc) is 2.60. The molecule has 2 N–H and O–H groups in total. The van der Waals surface area contributed by atoms with Gasteiger partial charge in [-0.1, -0.05) is 6.92 Å². The summed E-state index contributed by atoms with van der Waals surface area (Å²) in [4.78, 5) is 11.1. The van der Waals surface area contributed by atoms with Crippen molar-refractivity contribution in [1.29, 1.82) is 0 Å². The topological polar surface area (TPSA) is 59.6 Å². The third kappa shape index (κ3) is 5.95. The Morgan fingerprint density at radius 1 is 1.08 bits per heavy atom. The highest BCUT2D eigenvalue weighted by Gasteiger charge is 2.12. The van der Waals surface area contributed by atoms with Crippen LogP contribution < -0.4 is 20.1 Å². The Kier molecular flexibility index (Phi) is 7.78. The maximum absolute atomic E-state index is 11.1. The number of ether oxygens (including phenoxy) is 2. The average molecular weight is 421 g/mol.